The molecule has 0 bridgehead atoms. The lowest BCUT2D eigenvalue weighted by atomic mass is 9.94. The molecule has 0 amide bonds. The minimum absolute atomic E-state index is 0.698. The Morgan fingerprint density at radius 1 is 0.903 bits per heavy atom. The number of hydrogen-bond acceptors (Lipinski definition) is 3. The summed E-state index contributed by atoms with van der Waals surface area (Å²) in [6, 6.07) is 6.80. The third kappa shape index (κ3) is 3.65. The Balaban J connectivity index is 2.04. The van der Waals surface area contributed by atoms with Gasteiger partial charge in [-0.25, -0.2) is 4.98 Å². The number of aromatic nitrogens is 4. The van der Waals surface area contributed by atoms with Crippen LogP contribution in [0.4, 0.5) is 0 Å². The van der Waals surface area contributed by atoms with Gasteiger partial charge < -0.3 is 9.30 Å². The minimum atomic E-state index is 0.698. The van der Waals surface area contributed by atoms with Crippen molar-refractivity contribution in [2.45, 2.75) is 67.9 Å². The summed E-state index contributed by atoms with van der Waals surface area (Å²) in [5, 5.41) is 6.20. The number of ether oxygens (including phenoxy) is 1. The molecule has 0 atom stereocenters. The molecule has 0 aliphatic heterocycles. The molecule has 4 aromatic rings. The molecule has 1 aromatic carbocycles. The summed E-state index contributed by atoms with van der Waals surface area (Å²) in [6.45, 7) is 17.3. The first-order valence-electron chi connectivity index (χ1n) is 11.4. The lowest BCUT2D eigenvalue weighted by molar-refractivity contribution is 0.139. The molecule has 0 unspecified atom stereocenters. The summed E-state index contributed by atoms with van der Waals surface area (Å²) in [6.07, 6.45) is 2.14. The molecule has 31 heavy (non-hydrogen) atoms. The van der Waals surface area contributed by atoms with E-state index in [4.69, 9.17) is 14.8 Å². The van der Waals surface area contributed by atoms with Crippen LogP contribution in [0.2, 0.25) is 0 Å². The fourth-order valence-electron chi connectivity index (χ4n) is 4.95. The maximum atomic E-state index is 5.71. The first kappa shape index (κ1) is 21.6. The van der Waals surface area contributed by atoms with Crippen molar-refractivity contribution in [2.24, 2.45) is 0 Å². The van der Waals surface area contributed by atoms with Crippen LogP contribution in [0.1, 0.15) is 54.0 Å². The van der Waals surface area contributed by atoms with Gasteiger partial charge in [-0.2, -0.15) is 9.61 Å². The van der Waals surface area contributed by atoms with Crippen LogP contribution in [-0.4, -0.2) is 32.4 Å². The summed E-state index contributed by atoms with van der Waals surface area (Å²) in [4.78, 5) is 5.07. The highest BCUT2D eigenvalue weighted by molar-refractivity contribution is 5.90. The zero-order chi connectivity index (χ0) is 22.3. The number of aryl methyl sites for hydroxylation is 6. The van der Waals surface area contributed by atoms with Gasteiger partial charge in [0.2, 0.25) is 0 Å². The standard InChI is InChI=1S/C26H34N4O/c1-8-10-21-15-22-19(6)27-25-24(23-17(4)13-16(3)14-18(23)5)20(7)28-30(25)26(22)29(21)11-12-31-9-2/h13-15H,8-12H2,1-7H3. The lowest BCUT2D eigenvalue weighted by Crippen LogP contribution is -2.11. The second-order valence-corrected chi connectivity index (χ2v) is 8.64. The van der Waals surface area contributed by atoms with Gasteiger partial charge in [0.05, 0.1) is 23.6 Å². The molecule has 5 nitrogen and oxygen atoms in total. The zero-order valence-electron chi connectivity index (χ0n) is 20.0. The first-order chi connectivity index (χ1) is 14.9. The molecule has 0 aliphatic rings. The van der Waals surface area contributed by atoms with Crippen LogP contribution in [0.15, 0.2) is 18.2 Å². The molecule has 0 spiro atoms. The van der Waals surface area contributed by atoms with Crippen LogP contribution in [0, 0.1) is 34.6 Å². The maximum absolute atomic E-state index is 5.71. The van der Waals surface area contributed by atoms with Crippen LogP contribution in [0.3, 0.4) is 0 Å². The van der Waals surface area contributed by atoms with Gasteiger partial charge in [-0.1, -0.05) is 31.0 Å². The van der Waals surface area contributed by atoms with Crippen LogP contribution >= 0.6 is 0 Å². The van der Waals surface area contributed by atoms with Crippen LogP contribution in [0.5, 0.6) is 0 Å². The lowest BCUT2D eigenvalue weighted by Gasteiger charge is -2.13. The monoisotopic (exact) mass is 418 g/mol. The fourth-order valence-corrected chi connectivity index (χ4v) is 4.95. The average molecular weight is 419 g/mol. The van der Waals surface area contributed by atoms with E-state index < -0.39 is 0 Å². The second-order valence-electron chi connectivity index (χ2n) is 8.64. The van der Waals surface area contributed by atoms with E-state index in [9.17, 15) is 0 Å². The molecule has 0 aliphatic carbocycles. The molecule has 0 saturated carbocycles. The topological polar surface area (TPSA) is 44.4 Å². The molecule has 0 saturated heterocycles. The van der Waals surface area contributed by atoms with Crippen LogP contribution in [-0.2, 0) is 17.7 Å². The van der Waals surface area contributed by atoms with Crippen molar-refractivity contribution in [3.05, 3.63) is 52.0 Å². The maximum Gasteiger partial charge on any atom is 0.165 e. The molecule has 3 aromatic heterocycles. The highest BCUT2D eigenvalue weighted by atomic mass is 16.5. The van der Waals surface area contributed by atoms with Gasteiger partial charge in [-0.15, -0.1) is 0 Å². The number of benzene rings is 1. The Bertz CT molecular complexity index is 1240. The van der Waals surface area contributed by atoms with E-state index in [2.05, 4.69) is 68.8 Å². The average Bonchev–Trinajstić information content (AvgIpc) is 3.21. The largest absolute Gasteiger partial charge is 0.380 e. The van der Waals surface area contributed by atoms with Crippen molar-refractivity contribution in [1.29, 1.82) is 0 Å². The molecule has 164 valence electrons. The Hall–Kier alpha value is -2.66. The normalized spacial score (nSPS) is 11.8. The van der Waals surface area contributed by atoms with E-state index in [1.165, 1.54) is 33.3 Å². The molecular weight excluding hydrogens is 384 g/mol. The molecule has 0 fully saturated rings. The fraction of sp³-hybridized carbons (Fsp3) is 0.462. The molecule has 3 heterocycles. The molecule has 0 radical (unpaired) electrons. The van der Waals surface area contributed by atoms with Gasteiger partial charge in [0.1, 0.15) is 5.65 Å². The van der Waals surface area contributed by atoms with E-state index >= 15 is 0 Å². The first-order valence-corrected chi connectivity index (χ1v) is 11.4. The van der Waals surface area contributed by atoms with Crippen molar-refractivity contribution in [2.75, 3.05) is 13.2 Å². The van der Waals surface area contributed by atoms with Crippen molar-refractivity contribution >= 4 is 16.7 Å². The molecule has 0 N–H and O–H groups in total. The Morgan fingerprint density at radius 3 is 2.26 bits per heavy atom. The van der Waals surface area contributed by atoms with Crippen LogP contribution < -0.4 is 0 Å². The number of nitrogens with zero attached hydrogens (tertiary/aromatic N) is 4. The zero-order valence-corrected chi connectivity index (χ0v) is 20.0. The van der Waals surface area contributed by atoms with E-state index in [0.717, 1.165) is 54.2 Å². The van der Waals surface area contributed by atoms with Gasteiger partial charge in [0, 0.05) is 24.2 Å². The second kappa shape index (κ2) is 8.46. The predicted molar refractivity (Wildman–Crippen MR) is 128 cm³/mol. The highest BCUT2D eigenvalue weighted by Gasteiger charge is 2.22. The van der Waals surface area contributed by atoms with Gasteiger partial charge in [-0.3, -0.25) is 0 Å². The number of rotatable bonds is 7. The van der Waals surface area contributed by atoms with Crippen molar-refractivity contribution in [3.8, 4) is 11.1 Å². The van der Waals surface area contributed by atoms with E-state index in [0.29, 0.717) is 6.61 Å². The molecule has 5 heteroatoms. The number of hydrogen-bond donors (Lipinski definition) is 0. The quantitative estimate of drug-likeness (QED) is 0.352. The van der Waals surface area contributed by atoms with Crippen molar-refractivity contribution < 1.29 is 4.74 Å². The minimum Gasteiger partial charge on any atom is -0.380 e. The third-order valence-electron chi connectivity index (χ3n) is 6.15. The SMILES string of the molecule is CCCc1cc2c(C)nc3c(-c4c(C)cc(C)cc4C)c(C)nn3c2n1CCOCC. The third-order valence-corrected chi connectivity index (χ3v) is 6.15. The Morgan fingerprint density at radius 2 is 1.61 bits per heavy atom. The van der Waals surface area contributed by atoms with Crippen LogP contribution in [0.25, 0.3) is 27.8 Å². The van der Waals surface area contributed by atoms with Crippen molar-refractivity contribution in [1.82, 2.24) is 19.2 Å². The predicted octanol–water partition coefficient (Wildman–Crippen LogP) is 5.88. The summed E-state index contributed by atoms with van der Waals surface area (Å²) >= 11 is 0. The van der Waals surface area contributed by atoms with Gasteiger partial charge >= 0.3 is 0 Å². The summed E-state index contributed by atoms with van der Waals surface area (Å²) in [5.41, 5.74) is 11.7. The van der Waals surface area contributed by atoms with E-state index in [-0.39, 0.29) is 0 Å². The van der Waals surface area contributed by atoms with E-state index in [1.807, 2.05) is 6.92 Å². The van der Waals surface area contributed by atoms with Gasteiger partial charge in [-0.05, 0) is 70.7 Å². The van der Waals surface area contributed by atoms with Gasteiger partial charge in [0.25, 0.3) is 0 Å². The summed E-state index contributed by atoms with van der Waals surface area (Å²) in [5.74, 6) is 0. The smallest absolute Gasteiger partial charge is 0.165 e. The Kier molecular flexibility index (Phi) is 5.89. The summed E-state index contributed by atoms with van der Waals surface area (Å²) < 4.78 is 10.2. The molecular formula is C26H34N4O. The Labute approximate surface area is 185 Å². The highest BCUT2D eigenvalue weighted by Crippen LogP contribution is 2.35. The van der Waals surface area contributed by atoms with Crippen molar-refractivity contribution in [3.63, 3.8) is 0 Å². The summed E-state index contributed by atoms with van der Waals surface area (Å²) in [7, 11) is 0. The van der Waals surface area contributed by atoms with E-state index in [1.54, 1.807) is 0 Å². The van der Waals surface area contributed by atoms with Gasteiger partial charge in [0.15, 0.2) is 5.65 Å². The molecule has 4 rings (SSSR count). The number of fused-ring (bicyclic) bond motifs is 3.